The molecule has 0 saturated heterocycles. The van der Waals surface area contributed by atoms with Crippen molar-refractivity contribution >= 4 is 0 Å². The Balaban J connectivity index is 2.26. The lowest BCUT2D eigenvalue weighted by atomic mass is 10.1. The average Bonchev–Trinajstić information content (AvgIpc) is 2.51. The van der Waals surface area contributed by atoms with E-state index in [4.69, 9.17) is 4.74 Å². The fraction of sp³-hybridized carbons (Fsp3) is 0.400. The Bertz CT molecular complexity index is 283. The van der Waals surface area contributed by atoms with Crippen molar-refractivity contribution in [1.29, 1.82) is 0 Å². The zero-order chi connectivity index (χ0) is 8.39. The number of fused-ring (bicyclic) bond motifs is 1. The van der Waals surface area contributed by atoms with Gasteiger partial charge in [-0.2, -0.15) is 0 Å². The highest BCUT2D eigenvalue weighted by Crippen LogP contribution is 2.25. The number of hydrogen-bond donors (Lipinski definition) is 1. The predicted octanol–water partition coefficient (Wildman–Crippen LogP) is 1.34. The van der Waals surface area contributed by atoms with E-state index in [9.17, 15) is 0 Å². The molecule has 0 saturated carbocycles. The van der Waals surface area contributed by atoms with Gasteiger partial charge in [-0.05, 0) is 24.2 Å². The van der Waals surface area contributed by atoms with Crippen LogP contribution in [0.15, 0.2) is 18.2 Å². The summed E-state index contributed by atoms with van der Waals surface area (Å²) in [6.07, 6.45) is 1.06. The molecule has 0 aromatic heterocycles. The molecule has 1 aliphatic rings. The molecule has 0 unspecified atom stereocenters. The first-order valence-electron chi connectivity index (χ1n) is 4.29. The van der Waals surface area contributed by atoms with E-state index < -0.39 is 0 Å². The smallest absolute Gasteiger partial charge is 0.122 e. The minimum atomic E-state index is 0.846. The molecule has 12 heavy (non-hydrogen) atoms. The van der Waals surface area contributed by atoms with Crippen molar-refractivity contribution in [1.82, 2.24) is 5.32 Å². The summed E-state index contributed by atoms with van der Waals surface area (Å²) >= 11 is 0. The Kier molecular flexibility index (Phi) is 2.00. The van der Waals surface area contributed by atoms with Crippen LogP contribution in [0, 0.1) is 0 Å². The van der Waals surface area contributed by atoms with Crippen molar-refractivity contribution in [3.8, 4) is 5.75 Å². The Morgan fingerprint density at radius 1 is 1.50 bits per heavy atom. The van der Waals surface area contributed by atoms with Crippen LogP contribution in [0.5, 0.6) is 5.75 Å². The standard InChI is InChI=1S/C10H13NO/c1-11-7-8-2-3-10-9(6-8)4-5-12-10/h2-3,6,11H,4-5,7H2,1H3. The van der Waals surface area contributed by atoms with Crippen LogP contribution in [0.25, 0.3) is 0 Å². The molecule has 2 rings (SSSR count). The quantitative estimate of drug-likeness (QED) is 0.710. The summed E-state index contributed by atoms with van der Waals surface area (Å²) in [5, 5.41) is 3.13. The summed E-state index contributed by atoms with van der Waals surface area (Å²) < 4.78 is 5.41. The van der Waals surface area contributed by atoms with Crippen molar-refractivity contribution < 1.29 is 4.74 Å². The molecular formula is C10H13NO. The van der Waals surface area contributed by atoms with Gasteiger partial charge in [0.25, 0.3) is 0 Å². The van der Waals surface area contributed by atoms with E-state index in [-0.39, 0.29) is 0 Å². The molecule has 1 heterocycles. The Hall–Kier alpha value is -1.02. The third kappa shape index (κ3) is 1.30. The molecule has 0 fully saturated rings. The van der Waals surface area contributed by atoms with Gasteiger partial charge in [-0.3, -0.25) is 0 Å². The largest absolute Gasteiger partial charge is 0.493 e. The summed E-state index contributed by atoms with van der Waals surface area (Å²) in [6.45, 7) is 1.78. The highest BCUT2D eigenvalue weighted by molar-refractivity contribution is 5.39. The minimum Gasteiger partial charge on any atom is -0.493 e. The SMILES string of the molecule is CNCc1ccc2c(c1)CCO2. The van der Waals surface area contributed by atoms with Crippen molar-refractivity contribution in [2.45, 2.75) is 13.0 Å². The molecule has 0 radical (unpaired) electrons. The summed E-state index contributed by atoms with van der Waals surface area (Å²) in [5.41, 5.74) is 2.68. The van der Waals surface area contributed by atoms with Gasteiger partial charge in [-0.1, -0.05) is 12.1 Å². The van der Waals surface area contributed by atoms with Gasteiger partial charge in [0.05, 0.1) is 6.61 Å². The minimum absolute atomic E-state index is 0.846. The molecule has 0 aliphatic carbocycles. The summed E-state index contributed by atoms with van der Waals surface area (Å²) in [7, 11) is 1.96. The van der Waals surface area contributed by atoms with E-state index >= 15 is 0 Å². The maximum Gasteiger partial charge on any atom is 0.122 e. The van der Waals surface area contributed by atoms with Gasteiger partial charge < -0.3 is 10.1 Å². The molecule has 1 aromatic carbocycles. The zero-order valence-corrected chi connectivity index (χ0v) is 7.26. The van der Waals surface area contributed by atoms with Gasteiger partial charge in [-0.25, -0.2) is 0 Å². The number of nitrogens with one attached hydrogen (secondary N) is 1. The lowest BCUT2D eigenvalue weighted by Crippen LogP contribution is -2.04. The maximum atomic E-state index is 5.41. The van der Waals surface area contributed by atoms with Crippen molar-refractivity contribution in [3.63, 3.8) is 0 Å². The highest BCUT2D eigenvalue weighted by atomic mass is 16.5. The first kappa shape index (κ1) is 7.62. The average molecular weight is 163 g/mol. The van der Waals surface area contributed by atoms with Crippen LogP contribution in [0.2, 0.25) is 0 Å². The van der Waals surface area contributed by atoms with Crippen LogP contribution < -0.4 is 10.1 Å². The molecule has 2 heteroatoms. The molecule has 1 aromatic rings. The molecule has 0 spiro atoms. The molecule has 0 amide bonds. The van der Waals surface area contributed by atoms with Crippen LogP contribution in [0.3, 0.4) is 0 Å². The van der Waals surface area contributed by atoms with Crippen molar-refractivity contribution in [3.05, 3.63) is 29.3 Å². The highest BCUT2D eigenvalue weighted by Gasteiger charge is 2.11. The van der Waals surface area contributed by atoms with Crippen molar-refractivity contribution in [2.75, 3.05) is 13.7 Å². The monoisotopic (exact) mass is 163 g/mol. The number of rotatable bonds is 2. The van der Waals surface area contributed by atoms with Gasteiger partial charge >= 0.3 is 0 Å². The molecule has 1 aliphatic heterocycles. The zero-order valence-electron chi connectivity index (χ0n) is 7.26. The lowest BCUT2D eigenvalue weighted by molar-refractivity contribution is 0.357. The number of benzene rings is 1. The van der Waals surface area contributed by atoms with Crippen LogP contribution >= 0.6 is 0 Å². The third-order valence-corrected chi connectivity index (χ3v) is 2.13. The Morgan fingerprint density at radius 3 is 3.25 bits per heavy atom. The Labute approximate surface area is 72.5 Å². The fourth-order valence-electron chi connectivity index (χ4n) is 1.55. The van der Waals surface area contributed by atoms with E-state index in [0.29, 0.717) is 0 Å². The van der Waals surface area contributed by atoms with Crippen LogP contribution in [-0.4, -0.2) is 13.7 Å². The second kappa shape index (κ2) is 3.15. The normalized spacial score (nSPS) is 14.1. The van der Waals surface area contributed by atoms with E-state index in [0.717, 1.165) is 25.3 Å². The summed E-state index contributed by atoms with van der Waals surface area (Å²) in [5.74, 6) is 1.06. The van der Waals surface area contributed by atoms with E-state index in [1.165, 1.54) is 11.1 Å². The van der Waals surface area contributed by atoms with Gasteiger partial charge in [0.2, 0.25) is 0 Å². The van der Waals surface area contributed by atoms with Crippen molar-refractivity contribution in [2.24, 2.45) is 0 Å². The molecule has 0 atom stereocenters. The second-order valence-corrected chi connectivity index (χ2v) is 3.07. The molecule has 1 N–H and O–H groups in total. The molecule has 0 bridgehead atoms. The van der Waals surface area contributed by atoms with Gasteiger partial charge in [0.1, 0.15) is 5.75 Å². The first-order chi connectivity index (χ1) is 5.90. The predicted molar refractivity (Wildman–Crippen MR) is 48.4 cm³/mol. The van der Waals surface area contributed by atoms with Gasteiger partial charge in [0, 0.05) is 13.0 Å². The van der Waals surface area contributed by atoms with Crippen LogP contribution in [-0.2, 0) is 13.0 Å². The maximum absolute atomic E-state index is 5.41. The fourth-order valence-corrected chi connectivity index (χ4v) is 1.55. The number of hydrogen-bond acceptors (Lipinski definition) is 2. The van der Waals surface area contributed by atoms with E-state index in [2.05, 4.69) is 23.5 Å². The topological polar surface area (TPSA) is 21.3 Å². The molecule has 2 nitrogen and oxygen atoms in total. The van der Waals surface area contributed by atoms with Gasteiger partial charge in [-0.15, -0.1) is 0 Å². The van der Waals surface area contributed by atoms with Crippen LogP contribution in [0.4, 0.5) is 0 Å². The van der Waals surface area contributed by atoms with E-state index in [1.807, 2.05) is 7.05 Å². The van der Waals surface area contributed by atoms with E-state index in [1.54, 1.807) is 0 Å². The lowest BCUT2D eigenvalue weighted by Gasteiger charge is -2.02. The first-order valence-corrected chi connectivity index (χ1v) is 4.29. The number of ether oxygens (including phenoxy) is 1. The van der Waals surface area contributed by atoms with Crippen LogP contribution in [0.1, 0.15) is 11.1 Å². The van der Waals surface area contributed by atoms with Gasteiger partial charge in [0.15, 0.2) is 0 Å². The molecular weight excluding hydrogens is 150 g/mol. The Morgan fingerprint density at radius 2 is 2.42 bits per heavy atom. The third-order valence-electron chi connectivity index (χ3n) is 2.13. The summed E-state index contributed by atoms with van der Waals surface area (Å²) in [6, 6.07) is 6.40. The summed E-state index contributed by atoms with van der Waals surface area (Å²) in [4.78, 5) is 0. The molecule has 64 valence electrons. The second-order valence-electron chi connectivity index (χ2n) is 3.07.